The number of alkyl carbamates (subject to hydrolysis) is 1. The highest BCUT2D eigenvalue weighted by atomic mass is 19.4. The fraction of sp³-hybridized carbons (Fsp3) is 0.278. The molecule has 0 saturated carbocycles. The van der Waals surface area contributed by atoms with Gasteiger partial charge in [0, 0.05) is 6.54 Å². The standard InChI is InChI=1S/C18H19F3N2O5/c19-18(20,21)28-15-7-6-12(8-13(15)22)16(25)14(24)9-23-17(26)27-10-11-4-2-1-3-5-11/h1-8,14,16,24-25H,9-10,22H2,(H,23,26). The number of alkyl halides is 3. The molecular weight excluding hydrogens is 381 g/mol. The minimum absolute atomic E-state index is 0.0303. The molecule has 5 N–H and O–H groups in total. The molecule has 2 aromatic carbocycles. The third-order valence-electron chi connectivity index (χ3n) is 3.63. The number of nitrogens with two attached hydrogens (primary N) is 1. The first-order valence-electron chi connectivity index (χ1n) is 8.11. The number of ether oxygens (including phenoxy) is 2. The SMILES string of the molecule is Nc1cc(C(O)C(O)CNC(=O)OCc2ccccc2)ccc1OC(F)(F)F. The third kappa shape index (κ3) is 6.63. The summed E-state index contributed by atoms with van der Waals surface area (Å²) in [6.07, 6.45) is -8.66. The maximum Gasteiger partial charge on any atom is 0.573 e. The first kappa shape index (κ1) is 21.3. The summed E-state index contributed by atoms with van der Waals surface area (Å²) in [6, 6.07) is 12.0. The monoisotopic (exact) mass is 400 g/mol. The van der Waals surface area contributed by atoms with Crippen LogP contribution in [0.25, 0.3) is 0 Å². The number of carbonyl (C=O) groups excluding carboxylic acids is 1. The fourth-order valence-electron chi connectivity index (χ4n) is 2.26. The number of hydrogen-bond acceptors (Lipinski definition) is 6. The first-order chi connectivity index (χ1) is 13.2. The molecule has 10 heteroatoms. The van der Waals surface area contributed by atoms with Crippen LogP contribution in [0.15, 0.2) is 48.5 Å². The molecule has 0 aliphatic heterocycles. The van der Waals surface area contributed by atoms with Crippen molar-refractivity contribution in [3.05, 3.63) is 59.7 Å². The van der Waals surface area contributed by atoms with Gasteiger partial charge in [-0.3, -0.25) is 0 Å². The van der Waals surface area contributed by atoms with Crippen molar-refractivity contribution in [1.29, 1.82) is 0 Å². The van der Waals surface area contributed by atoms with Gasteiger partial charge in [-0.1, -0.05) is 36.4 Å². The Morgan fingerprint density at radius 3 is 2.43 bits per heavy atom. The summed E-state index contributed by atoms with van der Waals surface area (Å²) in [5.74, 6) is -0.624. The lowest BCUT2D eigenvalue weighted by Gasteiger charge is -2.20. The number of aliphatic hydroxyl groups is 2. The van der Waals surface area contributed by atoms with Gasteiger partial charge in [0.05, 0.1) is 5.69 Å². The molecule has 28 heavy (non-hydrogen) atoms. The van der Waals surface area contributed by atoms with E-state index in [-0.39, 0.29) is 24.4 Å². The highest BCUT2D eigenvalue weighted by molar-refractivity contribution is 5.67. The Morgan fingerprint density at radius 2 is 1.82 bits per heavy atom. The van der Waals surface area contributed by atoms with E-state index in [1.165, 1.54) is 0 Å². The van der Waals surface area contributed by atoms with E-state index in [1.807, 2.05) is 6.07 Å². The molecule has 2 unspecified atom stereocenters. The second-order valence-corrected chi connectivity index (χ2v) is 5.80. The van der Waals surface area contributed by atoms with Gasteiger partial charge in [-0.05, 0) is 23.3 Å². The van der Waals surface area contributed by atoms with Gasteiger partial charge in [0.25, 0.3) is 0 Å². The molecule has 2 aromatic rings. The Kier molecular flexibility index (Phi) is 7.07. The number of benzene rings is 2. The lowest BCUT2D eigenvalue weighted by molar-refractivity contribution is -0.274. The number of amides is 1. The molecule has 0 spiro atoms. The third-order valence-corrected chi connectivity index (χ3v) is 3.63. The van der Waals surface area contributed by atoms with E-state index >= 15 is 0 Å². The molecule has 0 aliphatic rings. The van der Waals surface area contributed by atoms with E-state index in [9.17, 15) is 28.2 Å². The van der Waals surface area contributed by atoms with E-state index < -0.39 is 30.4 Å². The number of rotatable bonds is 7. The topological polar surface area (TPSA) is 114 Å². The number of hydrogen-bond donors (Lipinski definition) is 4. The fourth-order valence-corrected chi connectivity index (χ4v) is 2.26. The van der Waals surface area contributed by atoms with Crippen molar-refractivity contribution in [3.63, 3.8) is 0 Å². The molecule has 0 bridgehead atoms. The first-order valence-corrected chi connectivity index (χ1v) is 8.11. The Hall–Kier alpha value is -2.98. The average molecular weight is 400 g/mol. The molecular formula is C18H19F3N2O5. The van der Waals surface area contributed by atoms with Crippen LogP contribution in [0.2, 0.25) is 0 Å². The van der Waals surface area contributed by atoms with E-state index in [1.54, 1.807) is 24.3 Å². The summed E-state index contributed by atoms with van der Waals surface area (Å²) < 4.78 is 45.4. The number of carbonyl (C=O) groups is 1. The zero-order valence-electron chi connectivity index (χ0n) is 14.5. The van der Waals surface area contributed by atoms with E-state index in [0.29, 0.717) is 0 Å². The van der Waals surface area contributed by atoms with Crippen molar-refractivity contribution < 1.29 is 37.7 Å². The Bertz CT molecular complexity index is 787. The molecule has 0 aliphatic carbocycles. The van der Waals surface area contributed by atoms with E-state index in [2.05, 4.69) is 10.1 Å². The summed E-state index contributed by atoms with van der Waals surface area (Å²) >= 11 is 0. The number of nitrogen functional groups attached to an aromatic ring is 1. The van der Waals surface area contributed by atoms with Gasteiger partial charge in [-0.25, -0.2) is 4.79 Å². The van der Waals surface area contributed by atoms with Crippen molar-refractivity contribution in [1.82, 2.24) is 5.32 Å². The van der Waals surface area contributed by atoms with Crippen LogP contribution in [-0.4, -0.2) is 35.3 Å². The van der Waals surface area contributed by atoms with Crippen LogP contribution in [-0.2, 0) is 11.3 Å². The average Bonchev–Trinajstić information content (AvgIpc) is 2.65. The van der Waals surface area contributed by atoms with Gasteiger partial charge in [0.2, 0.25) is 0 Å². The van der Waals surface area contributed by atoms with Crippen LogP contribution >= 0.6 is 0 Å². The normalized spacial score (nSPS) is 13.5. The number of anilines is 1. The zero-order chi connectivity index (χ0) is 20.7. The maximum absolute atomic E-state index is 12.2. The second-order valence-electron chi connectivity index (χ2n) is 5.80. The molecule has 0 aromatic heterocycles. The summed E-state index contributed by atoms with van der Waals surface area (Å²) in [7, 11) is 0. The highest BCUT2D eigenvalue weighted by Crippen LogP contribution is 2.31. The van der Waals surface area contributed by atoms with Crippen LogP contribution < -0.4 is 15.8 Å². The Morgan fingerprint density at radius 1 is 1.14 bits per heavy atom. The molecule has 152 valence electrons. The Balaban J connectivity index is 1.85. The van der Waals surface area contributed by atoms with Gasteiger partial charge in [0.1, 0.15) is 18.8 Å². The van der Waals surface area contributed by atoms with Crippen LogP contribution in [0, 0.1) is 0 Å². The van der Waals surface area contributed by atoms with Gasteiger partial charge in [-0.15, -0.1) is 13.2 Å². The van der Waals surface area contributed by atoms with Gasteiger partial charge in [0.15, 0.2) is 5.75 Å². The molecule has 2 rings (SSSR count). The summed E-state index contributed by atoms with van der Waals surface area (Å²) in [5, 5.41) is 22.4. The molecule has 1 amide bonds. The van der Waals surface area contributed by atoms with Crippen molar-refractivity contribution >= 4 is 11.8 Å². The minimum atomic E-state index is -4.90. The van der Waals surface area contributed by atoms with Crippen molar-refractivity contribution in [2.24, 2.45) is 0 Å². The summed E-state index contributed by atoms with van der Waals surface area (Å²) in [6.45, 7) is -0.321. The minimum Gasteiger partial charge on any atom is -0.445 e. The smallest absolute Gasteiger partial charge is 0.445 e. The van der Waals surface area contributed by atoms with Gasteiger partial charge < -0.3 is 30.7 Å². The lowest BCUT2D eigenvalue weighted by Crippen LogP contribution is -2.35. The Labute approximate surface area is 158 Å². The number of halogens is 3. The van der Waals surface area contributed by atoms with Crippen LogP contribution in [0.3, 0.4) is 0 Å². The molecule has 0 saturated heterocycles. The van der Waals surface area contributed by atoms with Crippen molar-refractivity contribution in [2.45, 2.75) is 25.2 Å². The highest BCUT2D eigenvalue weighted by Gasteiger charge is 2.32. The van der Waals surface area contributed by atoms with E-state index in [0.717, 1.165) is 23.8 Å². The number of nitrogens with one attached hydrogen (secondary N) is 1. The maximum atomic E-state index is 12.2. The van der Waals surface area contributed by atoms with Gasteiger partial charge >= 0.3 is 12.5 Å². The molecule has 0 heterocycles. The van der Waals surface area contributed by atoms with Crippen molar-refractivity contribution in [3.8, 4) is 5.75 Å². The largest absolute Gasteiger partial charge is 0.573 e. The zero-order valence-corrected chi connectivity index (χ0v) is 14.5. The van der Waals surface area contributed by atoms with E-state index in [4.69, 9.17) is 10.5 Å². The molecule has 0 fully saturated rings. The van der Waals surface area contributed by atoms with Crippen LogP contribution in [0.1, 0.15) is 17.2 Å². The molecule has 0 radical (unpaired) electrons. The van der Waals surface area contributed by atoms with Crippen molar-refractivity contribution in [2.75, 3.05) is 12.3 Å². The summed E-state index contributed by atoms with van der Waals surface area (Å²) in [5.41, 5.74) is 5.94. The lowest BCUT2D eigenvalue weighted by atomic mass is 10.0. The molecule has 7 nitrogen and oxygen atoms in total. The predicted molar refractivity (Wildman–Crippen MR) is 93.1 cm³/mol. The van der Waals surface area contributed by atoms with Crippen LogP contribution in [0.4, 0.5) is 23.7 Å². The predicted octanol–water partition coefficient (Wildman–Crippen LogP) is 2.49. The van der Waals surface area contributed by atoms with Gasteiger partial charge in [-0.2, -0.15) is 0 Å². The quantitative estimate of drug-likeness (QED) is 0.531. The molecule has 2 atom stereocenters. The summed E-state index contributed by atoms with van der Waals surface area (Å²) in [4.78, 5) is 11.6. The van der Waals surface area contributed by atoms with Crippen LogP contribution in [0.5, 0.6) is 5.75 Å². The number of aliphatic hydroxyl groups excluding tert-OH is 2. The second kappa shape index (κ2) is 9.29.